The van der Waals surface area contributed by atoms with Crippen molar-refractivity contribution in [3.05, 3.63) is 52.3 Å². The number of aromatic nitrogens is 1. The molecule has 88 valence electrons. The van der Waals surface area contributed by atoms with Crippen molar-refractivity contribution in [2.45, 2.75) is 13.3 Å². The summed E-state index contributed by atoms with van der Waals surface area (Å²) in [6, 6.07) is 11.2. The lowest BCUT2D eigenvalue weighted by Gasteiger charge is -2.03. The van der Waals surface area contributed by atoms with Crippen LogP contribution in [0.5, 0.6) is 0 Å². The van der Waals surface area contributed by atoms with Crippen molar-refractivity contribution in [3.8, 4) is 0 Å². The number of aromatic amines is 1. The molecule has 1 amide bonds. The van der Waals surface area contributed by atoms with Crippen LogP contribution in [0.25, 0.3) is 0 Å². The summed E-state index contributed by atoms with van der Waals surface area (Å²) in [7, 11) is 0. The first kappa shape index (κ1) is 11.9. The molecule has 0 fully saturated rings. The highest BCUT2D eigenvalue weighted by Gasteiger charge is 2.08. The van der Waals surface area contributed by atoms with E-state index in [9.17, 15) is 4.79 Å². The fraction of sp³-hybridized carbons (Fsp3) is 0.154. The van der Waals surface area contributed by atoms with Crippen LogP contribution in [-0.2, 0) is 6.42 Å². The van der Waals surface area contributed by atoms with Crippen LogP contribution in [0, 0.1) is 0 Å². The highest BCUT2D eigenvalue weighted by atomic mass is 79.9. The molecule has 0 saturated carbocycles. The average molecular weight is 293 g/mol. The van der Waals surface area contributed by atoms with E-state index in [1.807, 2.05) is 37.3 Å². The van der Waals surface area contributed by atoms with Gasteiger partial charge in [0, 0.05) is 15.9 Å². The van der Waals surface area contributed by atoms with Gasteiger partial charge in [-0.2, -0.15) is 0 Å². The minimum absolute atomic E-state index is 0.122. The molecule has 17 heavy (non-hydrogen) atoms. The van der Waals surface area contributed by atoms with E-state index in [1.165, 1.54) is 0 Å². The molecule has 1 aromatic heterocycles. The smallest absolute Gasteiger partial charge is 0.272 e. The van der Waals surface area contributed by atoms with E-state index in [0.29, 0.717) is 5.69 Å². The second kappa shape index (κ2) is 5.19. The quantitative estimate of drug-likeness (QED) is 0.892. The second-order valence-electron chi connectivity index (χ2n) is 3.72. The van der Waals surface area contributed by atoms with Gasteiger partial charge in [0.25, 0.3) is 5.91 Å². The number of H-pyrrole nitrogens is 1. The molecule has 0 aliphatic carbocycles. The average Bonchev–Trinajstić information content (AvgIpc) is 2.77. The highest BCUT2D eigenvalue weighted by molar-refractivity contribution is 9.10. The monoisotopic (exact) mass is 292 g/mol. The van der Waals surface area contributed by atoms with Crippen LogP contribution >= 0.6 is 15.9 Å². The number of carbonyl (C=O) groups is 1. The first-order valence-corrected chi connectivity index (χ1v) is 6.23. The van der Waals surface area contributed by atoms with Crippen LogP contribution < -0.4 is 5.32 Å². The maximum atomic E-state index is 11.9. The first-order valence-electron chi connectivity index (χ1n) is 5.44. The number of aryl methyl sites for hydroxylation is 1. The molecule has 2 N–H and O–H groups in total. The maximum Gasteiger partial charge on any atom is 0.272 e. The molecule has 0 unspecified atom stereocenters. The number of benzene rings is 1. The minimum Gasteiger partial charge on any atom is -0.354 e. The molecule has 0 aliphatic heterocycles. The Morgan fingerprint density at radius 3 is 2.82 bits per heavy atom. The van der Waals surface area contributed by atoms with Crippen molar-refractivity contribution in [2.75, 3.05) is 5.32 Å². The predicted octanol–water partition coefficient (Wildman–Crippen LogP) is 3.59. The summed E-state index contributed by atoms with van der Waals surface area (Å²) < 4.78 is 0.941. The van der Waals surface area contributed by atoms with Crippen LogP contribution in [0.2, 0.25) is 0 Å². The van der Waals surface area contributed by atoms with Gasteiger partial charge in [-0.1, -0.05) is 28.9 Å². The Morgan fingerprint density at radius 2 is 2.18 bits per heavy atom. The standard InChI is InChI=1S/C13H13BrN2O/c1-2-10-6-7-12(15-10)13(17)16-11-5-3-4-9(14)8-11/h3-8,15H,2H2,1H3,(H,16,17). The molecule has 1 heterocycles. The van der Waals surface area contributed by atoms with E-state index in [-0.39, 0.29) is 5.91 Å². The van der Waals surface area contributed by atoms with Gasteiger partial charge in [-0.15, -0.1) is 0 Å². The van der Waals surface area contributed by atoms with Gasteiger partial charge in [-0.05, 0) is 36.8 Å². The molecular formula is C13H13BrN2O. The van der Waals surface area contributed by atoms with Crippen LogP contribution in [0.4, 0.5) is 5.69 Å². The van der Waals surface area contributed by atoms with Gasteiger partial charge < -0.3 is 10.3 Å². The molecule has 0 atom stereocenters. The molecular weight excluding hydrogens is 280 g/mol. The summed E-state index contributed by atoms with van der Waals surface area (Å²) in [5, 5.41) is 2.84. The van der Waals surface area contributed by atoms with Gasteiger partial charge in [0.05, 0.1) is 0 Å². The van der Waals surface area contributed by atoms with Crippen molar-refractivity contribution in [2.24, 2.45) is 0 Å². The molecule has 2 rings (SSSR count). The predicted molar refractivity (Wildman–Crippen MR) is 72.3 cm³/mol. The Labute approximate surface area is 108 Å². The van der Waals surface area contributed by atoms with Gasteiger partial charge in [0.15, 0.2) is 0 Å². The summed E-state index contributed by atoms with van der Waals surface area (Å²) in [5.74, 6) is -0.122. The zero-order valence-corrected chi connectivity index (χ0v) is 11.0. The second-order valence-corrected chi connectivity index (χ2v) is 4.63. The molecule has 0 bridgehead atoms. The number of rotatable bonds is 3. The van der Waals surface area contributed by atoms with Crippen molar-refractivity contribution in [1.82, 2.24) is 4.98 Å². The van der Waals surface area contributed by atoms with Crippen LogP contribution in [0.15, 0.2) is 40.9 Å². The van der Waals surface area contributed by atoms with Gasteiger partial charge in [0.2, 0.25) is 0 Å². The summed E-state index contributed by atoms with van der Waals surface area (Å²) in [6.07, 6.45) is 0.893. The molecule has 4 heteroatoms. The molecule has 0 spiro atoms. The molecule has 0 radical (unpaired) electrons. The SMILES string of the molecule is CCc1ccc(C(=O)Nc2cccc(Br)c2)[nH]1. The minimum atomic E-state index is -0.122. The Morgan fingerprint density at radius 1 is 1.35 bits per heavy atom. The fourth-order valence-electron chi connectivity index (χ4n) is 1.54. The van der Waals surface area contributed by atoms with E-state index >= 15 is 0 Å². The number of amides is 1. The topological polar surface area (TPSA) is 44.9 Å². The maximum absolute atomic E-state index is 11.9. The van der Waals surface area contributed by atoms with Crippen molar-refractivity contribution in [1.29, 1.82) is 0 Å². The molecule has 3 nitrogen and oxygen atoms in total. The number of anilines is 1. The third kappa shape index (κ3) is 2.97. The normalized spacial score (nSPS) is 10.2. The lowest BCUT2D eigenvalue weighted by molar-refractivity contribution is 0.102. The van der Waals surface area contributed by atoms with Crippen LogP contribution in [0.3, 0.4) is 0 Å². The number of halogens is 1. The summed E-state index contributed by atoms with van der Waals surface area (Å²) in [5.41, 5.74) is 2.42. The lowest BCUT2D eigenvalue weighted by Crippen LogP contribution is -2.12. The van der Waals surface area contributed by atoms with Crippen molar-refractivity contribution >= 4 is 27.5 Å². The summed E-state index contributed by atoms with van der Waals surface area (Å²) >= 11 is 3.36. The van der Waals surface area contributed by atoms with E-state index in [1.54, 1.807) is 6.07 Å². The van der Waals surface area contributed by atoms with E-state index in [4.69, 9.17) is 0 Å². The number of hydrogen-bond acceptors (Lipinski definition) is 1. The molecule has 0 aliphatic rings. The van der Waals surface area contributed by atoms with Gasteiger partial charge in [-0.25, -0.2) is 0 Å². The summed E-state index contributed by atoms with van der Waals surface area (Å²) in [4.78, 5) is 15.0. The van der Waals surface area contributed by atoms with Gasteiger partial charge in [0.1, 0.15) is 5.69 Å². The van der Waals surface area contributed by atoms with Crippen LogP contribution in [0.1, 0.15) is 23.1 Å². The Balaban J connectivity index is 2.11. The first-order chi connectivity index (χ1) is 8.19. The zero-order valence-electron chi connectivity index (χ0n) is 9.46. The molecule has 0 saturated heterocycles. The number of carbonyl (C=O) groups excluding carboxylic acids is 1. The summed E-state index contributed by atoms with van der Waals surface area (Å²) in [6.45, 7) is 2.04. The van der Waals surface area contributed by atoms with E-state index in [0.717, 1.165) is 22.3 Å². The van der Waals surface area contributed by atoms with E-state index < -0.39 is 0 Å². The van der Waals surface area contributed by atoms with E-state index in [2.05, 4.69) is 26.2 Å². The number of nitrogens with one attached hydrogen (secondary N) is 2. The van der Waals surface area contributed by atoms with Crippen molar-refractivity contribution in [3.63, 3.8) is 0 Å². The Kier molecular flexibility index (Phi) is 3.64. The third-order valence-corrected chi connectivity index (χ3v) is 2.95. The third-order valence-electron chi connectivity index (χ3n) is 2.45. The number of hydrogen-bond donors (Lipinski definition) is 2. The van der Waals surface area contributed by atoms with Crippen molar-refractivity contribution < 1.29 is 4.79 Å². The van der Waals surface area contributed by atoms with Crippen LogP contribution in [-0.4, -0.2) is 10.9 Å². The zero-order chi connectivity index (χ0) is 12.3. The Hall–Kier alpha value is -1.55. The molecule has 2 aromatic rings. The van der Waals surface area contributed by atoms with Gasteiger partial charge in [-0.3, -0.25) is 4.79 Å². The highest BCUT2D eigenvalue weighted by Crippen LogP contribution is 2.16. The lowest BCUT2D eigenvalue weighted by atomic mass is 10.3. The Bertz CT molecular complexity index is 534. The largest absolute Gasteiger partial charge is 0.354 e. The fourth-order valence-corrected chi connectivity index (χ4v) is 1.94. The molecule has 1 aromatic carbocycles. The van der Waals surface area contributed by atoms with Gasteiger partial charge >= 0.3 is 0 Å².